The van der Waals surface area contributed by atoms with Crippen LogP contribution < -0.4 is 5.56 Å². The number of fused-ring (bicyclic) bond motifs is 1. The van der Waals surface area contributed by atoms with Gasteiger partial charge < -0.3 is 9.72 Å². The predicted octanol–water partition coefficient (Wildman–Crippen LogP) is 1.21. The molecule has 0 spiro atoms. The van der Waals surface area contributed by atoms with E-state index in [0.717, 1.165) is 31.1 Å². The molecule has 18 heavy (non-hydrogen) atoms. The van der Waals surface area contributed by atoms with Crippen molar-refractivity contribution in [2.24, 2.45) is 0 Å². The van der Waals surface area contributed by atoms with E-state index >= 15 is 0 Å². The maximum absolute atomic E-state index is 11.9. The molecule has 5 nitrogen and oxygen atoms in total. The number of morpholine rings is 1. The van der Waals surface area contributed by atoms with Crippen LogP contribution in [0.4, 0.5) is 0 Å². The third-order valence-corrected chi connectivity index (χ3v) is 4.12. The van der Waals surface area contributed by atoms with Crippen molar-refractivity contribution in [3.05, 3.63) is 27.6 Å². The highest BCUT2D eigenvalue weighted by molar-refractivity contribution is 7.17. The first-order valence-electron chi connectivity index (χ1n) is 6.02. The number of ether oxygens (including phenoxy) is 1. The van der Waals surface area contributed by atoms with Gasteiger partial charge in [0.1, 0.15) is 10.5 Å². The summed E-state index contributed by atoms with van der Waals surface area (Å²) in [6.45, 7) is 5.17. The Kier molecular flexibility index (Phi) is 3.15. The van der Waals surface area contributed by atoms with Gasteiger partial charge in [-0.1, -0.05) is 0 Å². The minimum Gasteiger partial charge on any atom is -0.379 e. The summed E-state index contributed by atoms with van der Waals surface area (Å²) in [5, 5.41) is 1.90. The molecule has 0 saturated carbocycles. The summed E-state index contributed by atoms with van der Waals surface area (Å²) in [5.74, 6) is 0.736. The fourth-order valence-electron chi connectivity index (χ4n) is 2.19. The Morgan fingerprint density at radius 2 is 2.56 bits per heavy atom. The molecule has 1 saturated heterocycles. The van der Waals surface area contributed by atoms with Gasteiger partial charge in [-0.3, -0.25) is 9.69 Å². The molecular formula is C12H15N3O2S. The normalized spacial score (nSPS) is 21.5. The van der Waals surface area contributed by atoms with Crippen molar-refractivity contribution in [1.29, 1.82) is 0 Å². The summed E-state index contributed by atoms with van der Waals surface area (Å²) < 4.78 is 6.10. The zero-order chi connectivity index (χ0) is 12.5. The molecule has 2 aromatic rings. The number of hydrogen-bond acceptors (Lipinski definition) is 5. The molecule has 0 aromatic carbocycles. The van der Waals surface area contributed by atoms with Crippen LogP contribution in [0.5, 0.6) is 0 Å². The molecular weight excluding hydrogens is 250 g/mol. The maximum atomic E-state index is 11.9. The van der Waals surface area contributed by atoms with Crippen molar-refractivity contribution in [3.63, 3.8) is 0 Å². The van der Waals surface area contributed by atoms with Gasteiger partial charge in [-0.25, -0.2) is 4.98 Å². The minimum atomic E-state index is -0.0362. The van der Waals surface area contributed by atoms with E-state index in [2.05, 4.69) is 21.8 Å². The highest BCUT2D eigenvalue weighted by Gasteiger charge is 2.19. The second kappa shape index (κ2) is 4.79. The molecule has 96 valence electrons. The fourth-order valence-corrected chi connectivity index (χ4v) is 2.91. The second-order valence-corrected chi connectivity index (χ2v) is 5.46. The Labute approximate surface area is 108 Å². The number of thiophene rings is 1. The van der Waals surface area contributed by atoms with Crippen LogP contribution in [0, 0.1) is 0 Å². The molecule has 1 atom stereocenters. The zero-order valence-corrected chi connectivity index (χ0v) is 11.0. The Morgan fingerprint density at radius 1 is 1.67 bits per heavy atom. The van der Waals surface area contributed by atoms with Gasteiger partial charge in [0, 0.05) is 12.6 Å². The van der Waals surface area contributed by atoms with Crippen molar-refractivity contribution in [2.45, 2.75) is 19.5 Å². The Hall–Kier alpha value is -1.24. The van der Waals surface area contributed by atoms with E-state index in [-0.39, 0.29) is 5.56 Å². The fraction of sp³-hybridized carbons (Fsp3) is 0.500. The summed E-state index contributed by atoms with van der Waals surface area (Å²) in [6.07, 6.45) is 0. The van der Waals surface area contributed by atoms with E-state index in [0.29, 0.717) is 17.3 Å². The van der Waals surface area contributed by atoms with Gasteiger partial charge in [-0.05, 0) is 18.4 Å². The van der Waals surface area contributed by atoms with E-state index in [4.69, 9.17) is 4.74 Å². The Morgan fingerprint density at radius 3 is 3.39 bits per heavy atom. The van der Waals surface area contributed by atoms with Crippen LogP contribution in [0.3, 0.4) is 0 Å². The van der Waals surface area contributed by atoms with Gasteiger partial charge in [-0.2, -0.15) is 0 Å². The van der Waals surface area contributed by atoms with Crippen LogP contribution in [-0.2, 0) is 11.3 Å². The molecule has 1 fully saturated rings. The molecule has 0 aliphatic carbocycles. The average molecular weight is 265 g/mol. The van der Waals surface area contributed by atoms with Gasteiger partial charge in [0.25, 0.3) is 5.56 Å². The van der Waals surface area contributed by atoms with Crippen molar-refractivity contribution in [1.82, 2.24) is 14.9 Å². The molecule has 3 heterocycles. The maximum Gasteiger partial charge on any atom is 0.268 e. The summed E-state index contributed by atoms with van der Waals surface area (Å²) in [6, 6.07) is 2.25. The lowest BCUT2D eigenvalue weighted by molar-refractivity contribution is -0.00547. The van der Waals surface area contributed by atoms with Gasteiger partial charge in [0.2, 0.25) is 0 Å². The molecule has 1 unspecified atom stereocenters. The van der Waals surface area contributed by atoms with E-state index in [1.54, 1.807) is 0 Å². The number of aromatic amines is 1. The molecule has 2 aromatic heterocycles. The first kappa shape index (κ1) is 11.8. The van der Waals surface area contributed by atoms with E-state index in [9.17, 15) is 4.79 Å². The lowest BCUT2D eigenvalue weighted by Crippen LogP contribution is -2.43. The van der Waals surface area contributed by atoms with Gasteiger partial charge >= 0.3 is 0 Å². The SMILES string of the molecule is CC1COCCN1Cc1nc2ccsc2c(=O)[nH]1. The molecule has 1 aliphatic rings. The Balaban J connectivity index is 1.87. The average Bonchev–Trinajstić information content (AvgIpc) is 2.81. The van der Waals surface area contributed by atoms with Crippen LogP contribution in [0.15, 0.2) is 16.2 Å². The molecule has 0 bridgehead atoms. The molecule has 1 N–H and O–H groups in total. The van der Waals surface area contributed by atoms with E-state index in [1.807, 2.05) is 11.4 Å². The lowest BCUT2D eigenvalue weighted by atomic mass is 10.2. The molecule has 0 radical (unpaired) electrons. The first-order valence-corrected chi connectivity index (χ1v) is 6.90. The number of rotatable bonds is 2. The summed E-state index contributed by atoms with van der Waals surface area (Å²) >= 11 is 1.43. The summed E-state index contributed by atoms with van der Waals surface area (Å²) in [7, 11) is 0. The highest BCUT2D eigenvalue weighted by Crippen LogP contribution is 2.15. The minimum absolute atomic E-state index is 0.0362. The van der Waals surface area contributed by atoms with E-state index < -0.39 is 0 Å². The molecule has 6 heteroatoms. The van der Waals surface area contributed by atoms with E-state index in [1.165, 1.54) is 11.3 Å². The third-order valence-electron chi connectivity index (χ3n) is 3.22. The highest BCUT2D eigenvalue weighted by atomic mass is 32.1. The third kappa shape index (κ3) is 2.19. The number of nitrogens with zero attached hydrogens (tertiary/aromatic N) is 2. The van der Waals surface area contributed by atoms with Crippen molar-refractivity contribution in [3.8, 4) is 0 Å². The largest absolute Gasteiger partial charge is 0.379 e. The quantitative estimate of drug-likeness (QED) is 0.886. The molecule has 0 amide bonds. The van der Waals surface area contributed by atoms with Crippen LogP contribution >= 0.6 is 11.3 Å². The van der Waals surface area contributed by atoms with Crippen molar-refractivity contribution >= 4 is 21.6 Å². The van der Waals surface area contributed by atoms with Gasteiger partial charge in [0.15, 0.2) is 0 Å². The van der Waals surface area contributed by atoms with Gasteiger partial charge in [0.05, 0.1) is 25.3 Å². The van der Waals surface area contributed by atoms with Crippen LogP contribution in [-0.4, -0.2) is 40.7 Å². The summed E-state index contributed by atoms with van der Waals surface area (Å²) in [5.41, 5.74) is 0.755. The topological polar surface area (TPSA) is 58.2 Å². The molecule has 3 rings (SSSR count). The van der Waals surface area contributed by atoms with Crippen LogP contribution in [0.1, 0.15) is 12.7 Å². The molecule has 1 aliphatic heterocycles. The van der Waals surface area contributed by atoms with Crippen molar-refractivity contribution in [2.75, 3.05) is 19.8 Å². The number of H-pyrrole nitrogens is 1. The zero-order valence-electron chi connectivity index (χ0n) is 10.2. The Bertz CT molecular complexity index is 607. The lowest BCUT2D eigenvalue weighted by Gasteiger charge is -2.32. The number of hydrogen-bond donors (Lipinski definition) is 1. The number of nitrogens with one attached hydrogen (secondary N) is 1. The monoisotopic (exact) mass is 265 g/mol. The smallest absolute Gasteiger partial charge is 0.268 e. The second-order valence-electron chi connectivity index (χ2n) is 4.54. The number of aromatic nitrogens is 2. The standard InChI is InChI=1S/C12H15N3O2S/c1-8-7-17-4-3-15(8)6-10-13-9-2-5-18-11(9)12(16)14-10/h2,5,8H,3-4,6-7H2,1H3,(H,13,14,16). The van der Waals surface area contributed by atoms with Gasteiger partial charge in [-0.15, -0.1) is 11.3 Å². The summed E-state index contributed by atoms with van der Waals surface area (Å²) in [4.78, 5) is 21.5. The first-order chi connectivity index (χ1) is 8.74. The van der Waals surface area contributed by atoms with Crippen LogP contribution in [0.25, 0.3) is 10.2 Å². The van der Waals surface area contributed by atoms with Crippen LogP contribution in [0.2, 0.25) is 0 Å². The predicted molar refractivity (Wildman–Crippen MR) is 70.9 cm³/mol. The van der Waals surface area contributed by atoms with Crippen molar-refractivity contribution < 1.29 is 4.74 Å².